The zero-order valence-corrected chi connectivity index (χ0v) is 7.20. The zero-order chi connectivity index (χ0) is 10.1. The van der Waals surface area contributed by atoms with E-state index >= 15 is 0 Å². The molecule has 0 aromatic heterocycles. The first-order valence-electron chi connectivity index (χ1n) is 4.16. The smallest absolute Gasteiger partial charge is 0.342 e. The number of rotatable bonds is 1. The van der Waals surface area contributed by atoms with Gasteiger partial charge in [-0.1, -0.05) is 12.1 Å². The Bertz CT molecular complexity index is 400. The van der Waals surface area contributed by atoms with Gasteiger partial charge in [0.25, 0.3) is 0 Å². The highest BCUT2D eigenvalue weighted by Gasteiger charge is 2.28. The third-order valence-electron chi connectivity index (χ3n) is 2.14. The van der Waals surface area contributed by atoms with E-state index in [1.165, 1.54) is 12.1 Å². The highest BCUT2D eigenvalue weighted by Crippen LogP contribution is 2.22. The van der Waals surface area contributed by atoms with Crippen LogP contribution >= 0.6 is 0 Å². The van der Waals surface area contributed by atoms with Crippen LogP contribution in [-0.4, -0.2) is 18.4 Å². The molecule has 14 heavy (non-hydrogen) atoms. The number of cyclic esters (lactones) is 1. The van der Waals surface area contributed by atoms with Crippen LogP contribution < -0.4 is 0 Å². The molecule has 1 aromatic carbocycles. The summed E-state index contributed by atoms with van der Waals surface area (Å²) in [6.07, 6.45) is 0.0189. The SMILES string of the molecule is O=CC1Cc2cccc(F)c2C(=O)O1. The van der Waals surface area contributed by atoms with Crippen molar-refractivity contribution in [2.45, 2.75) is 12.5 Å². The second-order valence-corrected chi connectivity index (χ2v) is 3.06. The molecule has 1 unspecified atom stereocenters. The molecule has 0 bridgehead atoms. The van der Waals surface area contributed by atoms with E-state index in [2.05, 4.69) is 0 Å². The number of benzene rings is 1. The fourth-order valence-corrected chi connectivity index (χ4v) is 1.50. The summed E-state index contributed by atoms with van der Waals surface area (Å²) >= 11 is 0. The van der Waals surface area contributed by atoms with E-state index in [1.54, 1.807) is 6.07 Å². The Balaban J connectivity index is 2.49. The molecular formula is C10H7FO3. The van der Waals surface area contributed by atoms with Crippen molar-refractivity contribution in [2.24, 2.45) is 0 Å². The number of hydrogen-bond donors (Lipinski definition) is 0. The van der Waals surface area contributed by atoms with Crippen molar-refractivity contribution in [3.8, 4) is 0 Å². The Morgan fingerprint density at radius 1 is 1.50 bits per heavy atom. The normalized spacial score (nSPS) is 19.8. The average Bonchev–Trinajstić information content (AvgIpc) is 2.17. The molecule has 2 rings (SSSR count). The molecule has 4 heteroatoms. The summed E-state index contributed by atoms with van der Waals surface area (Å²) in [4.78, 5) is 21.7. The summed E-state index contributed by atoms with van der Waals surface area (Å²) in [6.45, 7) is 0. The van der Waals surface area contributed by atoms with E-state index in [4.69, 9.17) is 4.74 Å². The lowest BCUT2D eigenvalue weighted by atomic mass is 9.99. The fraction of sp³-hybridized carbons (Fsp3) is 0.200. The molecule has 72 valence electrons. The van der Waals surface area contributed by atoms with Gasteiger partial charge in [-0.15, -0.1) is 0 Å². The molecule has 1 atom stereocenters. The summed E-state index contributed by atoms with van der Waals surface area (Å²) in [7, 11) is 0. The first kappa shape index (κ1) is 8.87. The molecule has 0 aliphatic carbocycles. The lowest BCUT2D eigenvalue weighted by Gasteiger charge is -2.20. The van der Waals surface area contributed by atoms with Crippen LogP contribution in [0.1, 0.15) is 15.9 Å². The molecule has 0 N–H and O–H groups in total. The Kier molecular flexibility index (Phi) is 2.04. The van der Waals surface area contributed by atoms with Crippen molar-refractivity contribution in [3.63, 3.8) is 0 Å². The Morgan fingerprint density at radius 2 is 2.29 bits per heavy atom. The number of carbonyl (C=O) groups excluding carboxylic acids is 2. The third kappa shape index (κ3) is 1.28. The standard InChI is InChI=1S/C10H7FO3/c11-8-3-1-2-6-4-7(5-12)14-10(13)9(6)8/h1-3,5,7H,4H2. The second-order valence-electron chi connectivity index (χ2n) is 3.06. The van der Waals surface area contributed by atoms with E-state index < -0.39 is 17.9 Å². The number of esters is 1. The van der Waals surface area contributed by atoms with E-state index in [-0.39, 0.29) is 12.0 Å². The Hall–Kier alpha value is -1.71. The van der Waals surface area contributed by atoms with Crippen molar-refractivity contribution in [3.05, 3.63) is 35.1 Å². The van der Waals surface area contributed by atoms with Gasteiger partial charge in [-0.05, 0) is 11.6 Å². The van der Waals surface area contributed by atoms with Gasteiger partial charge in [-0.2, -0.15) is 0 Å². The summed E-state index contributed by atoms with van der Waals surface area (Å²) in [5, 5.41) is 0. The summed E-state index contributed by atoms with van der Waals surface area (Å²) in [6, 6.07) is 4.32. The van der Waals surface area contributed by atoms with Crippen molar-refractivity contribution in [2.75, 3.05) is 0 Å². The third-order valence-corrected chi connectivity index (χ3v) is 2.14. The topological polar surface area (TPSA) is 43.4 Å². The number of fused-ring (bicyclic) bond motifs is 1. The number of aldehydes is 1. The number of carbonyl (C=O) groups is 2. The fourth-order valence-electron chi connectivity index (χ4n) is 1.50. The van der Waals surface area contributed by atoms with Gasteiger partial charge in [0.15, 0.2) is 12.4 Å². The maximum Gasteiger partial charge on any atom is 0.342 e. The highest BCUT2D eigenvalue weighted by molar-refractivity contribution is 5.93. The monoisotopic (exact) mass is 194 g/mol. The molecule has 1 aliphatic heterocycles. The molecule has 1 aliphatic rings. The molecule has 1 aromatic rings. The van der Waals surface area contributed by atoms with Gasteiger partial charge in [0.05, 0.1) is 5.56 Å². The number of halogens is 1. The predicted octanol–water partition coefficient (Wildman–Crippen LogP) is 1.11. The van der Waals surface area contributed by atoms with Gasteiger partial charge >= 0.3 is 5.97 Å². The Morgan fingerprint density at radius 3 is 3.00 bits per heavy atom. The lowest BCUT2D eigenvalue weighted by molar-refractivity contribution is -0.115. The lowest BCUT2D eigenvalue weighted by Crippen LogP contribution is -2.29. The van der Waals surface area contributed by atoms with Crippen LogP contribution in [0.5, 0.6) is 0 Å². The summed E-state index contributed by atoms with van der Waals surface area (Å²) in [5.41, 5.74) is 0.476. The molecule has 3 nitrogen and oxygen atoms in total. The summed E-state index contributed by atoms with van der Waals surface area (Å²) in [5.74, 6) is -1.36. The maximum atomic E-state index is 13.2. The Labute approximate surface area is 79.5 Å². The van der Waals surface area contributed by atoms with Crippen LogP contribution in [0.4, 0.5) is 4.39 Å². The minimum absolute atomic E-state index is 0.0504. The van der Waals surface area contributed by atoms with E-state index in [1.807, 2.05) is 0 Å². The molecule has 0 spiro atoms. The van der Waals surface area contributed by atoms with E-state index in [0.717, 1.165) is 0 Å². The van der Waals surface area contributed by atoms with Crippen LogP contribution in [-0.2, 0) is 16.0 Å². The van der Waals surface area contributed by atoms with Crippen molar-refractivity contribution < 1.29 is 18.7 Å². The minimum atomic E-state index is -0.781. The van der Waals surface area contributed by atoms with Gasteiger partial charge in [0.2, 0.25) is 0 Å². The molecule has 0 fully saturated rings. The molecule has 0 saturated carbocycles. The van der Waals surface area contributed by atoms with Crippen molar-refractivity contribution in [1.29, 1.82) is 0 Å². The zero-order valence-electron chi connectivity index (χ0n) is 7.20. The van der Waals surface area contributed by atoms with Crippen LogP contribution in [0.15, 0.2) is 18.2 Å². The molecule has 0 saturated heterocycles. The quantitative estimate of drug-likeness (QED) is 0.496. The van der Waals surface area contributed by atoms with Crippen LogP contribution in [0.3, 0.4) is 0 Å². The number of hydrogen-bond acceptors (Lipinski definition) is 3. The second kappa shape index (κ2) is 3.21. The largest absolute Gasteiger partial charge is 0.451 e. The van der Waals surface area contributed by atoms with E-state index in [0.29, 0.717) is 11.8 Å². The number of ether oxygens (including phenoxy) is 1. The van der Waals surface area contributed by atoms with Crippen molar-refractivity contribution >= 4 is 12.3 Å². The maximum absolute atomic E-state index is 13.2. The highest BCUT2D eigenvalue weighted by atomic mass is 19.1. The predicted molar refractivity (Wildman–Crippen MR) is 45.4 cm³/mol. The van der Waals surface area contributed by atoms with Gasteiger partial charge in [-0.3, -0.25) is 4.79 Å². The van der Waals surface area contributed by atoms with Crippen LogP contribution in [0.2, 0.25) is 0 Å². The van der Waals surface area contributed by atoms with Crippen LogP contribution in [0.25, 0.3) is 0 Å². The molecule has 0 amide bonds. The first-order chi connectivity index (χ1) is 6.72. The molecule has 0 radical (unpaired) electrons. The van der Waals surface area contributed by atoms with Gasteiger partial charge in [-0.25, -0.2) is 9.18 Å². The van der Waals surface area contributed by atoms with E-state index in [9.17, 15) is 14.0 Å². The van der Waals surface area contributed by atoms with Crippen molar-refractivity contribution in [1.82, 2.24) is 0 Å². The summed E-state index contributed by atoms with van der Waals surface area (Å²) < 4.78 is 17.9. The van der Waals surface area contributed by atoms with Gasteiger partial charge in [0, 0.05) is 6.42 Å². The van der Waals surface area contributed by atoms with Gasteiger partial charge in [0.1, 0.15) is 5.82 Å². The molecule has 1 heterocycles. The molecular weight excluding hydrogens is 187 g/mol. The van der Waals surface area contributed by atoms with Crippen LogP contribution in [0, 0.1) is 5.82 Å². The average molecular weight is 194 g/mol. The van der Waals surface area contributed by atoms with Gasteiger partial charge < -0.3 is 4.74 Å². The minimum Gasteiger partial charge on any atom is -0.451 e. The first-order valence-corrected chi connectivity index (χ1v) is 4.16.